The molecule has 0 radical (unpaired) electrons. The van der Waals surface area contributed by atoms with E-state index in [-0.39, 0.29) is 11.7 Å². The number of hydrogen-bond acceptors (Lipinski definition) is 4. The van der Waals surface area contributed by atoms with Crippen molar-refractivity contribution in [2.45, 2.75) is 0 Å². The second kappa shape index (κ2) is 9.34. The summed E-state index contributed by atoms with van der Waals surface area (Å²) >= 11 is 0. The van der Waals surface area contributed by atoms with Crippen LogP contribution in [0, 0.1) is 5.82 Å². The van der Waals surface area contributed by atoms with E-state index in [2.05, 4.69) is 15.9 Å². The third-order valence-electron chi connectivity index (χ3n) is 6.12. The normalized spacial score (nSPS) is 17.9. The Morgan fingerprint density at radius 2 is 1.60 bits per heavy atom. The van der Waals surface area contributed by atoms with Crippen LogP contribution in [0.15, 0.2) is 48.5 Å². The van der Waals surface area contributed by atoms with Gasteiger partial charge >= 0.3 is 0 Å². The lowest BCUT2D eigenvalue weighted by Gasteiger charge is -2.38. The molecule has 2 aliphatic heterocycles. The Morgan fingerprint density at radius 1 is 0.933 bits per heavy atom. The van der Waals surface area contributed by atoms with E-state index in [0.717, 1.165) is 69.5 Å². The third-order valence-corrected chi connectivity index (χ3v) is 6.12. The van der Waals surface area contributed by atoms with Crippen LogP contribution in [0.25, 0.3) is 0 Å². The Labute approximate surface area is 177 Å². The maximum Gasteiger partial charge on any atom is 0.277 e. The Balaban J connectivity index is 1.24. The number of carbonyl (C=O) groups is 1. The summed E-state index contributed by atoms with van der Waals surface area (Å²) in [5.74, 6) is 0.903. The molecule has 2 aromatic rings. The molecule has 2 fully saturated rings. The summed E-state index contributed by atoms with van der Waals surface area (Å²) in [6.07, 6.45) is 0. The second-order valence-electron chi connectivity index (χ2n) is 7.93. The molecule has 0 bridgehead atoms. The summed E-state index contributed by atoms with van der Waals surface area (Å²) < 4.78 is 18.6. The zero-order chi connectivity index (χ0) is 20.9. The maximum absolute atomic E-state index is 13.1. The number of anilines is 2. The summed E-state index contributed by atoms with van der Waals surface area (Å²) in [7, 11) is 1.69. The van der Waals surface area contributed by atoms with E-state index in [4.69, 9.17) is 4.74 Å². The van der Waals surface area contributed by atoms with Gasteiger partial charge in [-0.05, 0) is 36.4 Å². The number of piperazine rings is 2. The number of para-hydroxylation sites is 2. The van der Waals surface area contributed by atoms with Crippen LogP contribution in [-0.4, -0.2) is 76.8 Å². The minimum absolute atomic E-state index is 0.209. The first kappa shape index (κ1) is 20.5. The van der Waals surface area contributed by atoms with Crippen molar-refractivity contribution >= 4 is 17.3 Å². The van der Waals surface area contributed by atoms with Gasteiger partial charge in [0.15, 0.2) is 6.54 Å². The van der Waals surface area contributed by atoms with Gasteiger partial charge in [-0.3, -0.25) is 4.79 Å². The lowest BCUT2D eigenvalue weighted by molar-refractivity contribution is -0.892. The first-order chi connectivity index (χ1) is 14.6. The van der Waals surface area contributed by atoms with E-state index in [9.17, 15) is 9.18 Å². The summed E-state index contributed by atoms with van der Waals surface area (Å²) in [6, 6.07) is 14.7. The molecule has 2 saturated heterocycles. The number of amides is 1. The number of carbonyl (C=O) groups excluding carboxylic acids is 1. The van der Waals surface area contributed by atoms with E-state index < -0.39 is 0 Å². The lowest BCUT2D eigenvalue weighted by Crippen LogP contribution is -3.16. The van der Waals surface area contributed by atoms with Gasteiger partial charge in [0.25, 0.3) is 5.91 Å². The van der Waals surface area contributed by atoms with Crippen molar-refractivity contribution in [2.24, 2.45) is 0 Å². The van der Waals surface area contributed by atoms with Crippen molar-refractivity contribution in [3.8, 4) is 5.75 Å². The Kier molecular flexibility index (Phi) is 6.38. The highest BCUT2D eigenvalue weighted by molar-refractivity contribution is 5.77. The molecule has 2 aliphatic rings. The van der Waals surface area contributed by atoms with Crippen LogP contribution in [0.2, 0.25) is 0 Å². The first-order valence-electron chi connectivity index (χ1n) is 10.6. The molecular formula is C23H30FN4O2+. The topological polar surface area (TPSA) is 40.5 Å². The Hall–Kier alpha value is -2.80. The molecule has 2 heterocycles. The van der Waals surface area contributed by atoms with Crippen molar-refractivity contribution in [2.75, 3.05) is 75.8 Å². The predicted molar refractivity (Wildman–Crippen MR) is 116 cm³/mol. The molecule has 0 aliphatic carbocycles. The molecule has 30 heavy (non-hydrogen) atoms. The molecule has 1 N–H and O–H groups in total. The third kappa shape index (κ3) is 4.67. The van der Waals surface area contributed by atoms with Crippen LogP contribution in [0.3, 0.4) is 0 Å². The molecule has 0 spiro atoms. The second-order valence-corrected chi connectivity index (χ2v) is 7.93. The number of benzene rings is 2. The largest absolute Gasteiger partial charge is 0.495 e. The van der Waals surface area contributed by atoms with E-state index >= 15 is 0 Å². The number of rotatable bonds is 5. The highest BCUT2D eigenvalue weighted by Crippen LogP contribution is 2.28. The number of quaternary nitrogens is 1. The summed E-state index contributed by atoms with van der Waals surface area (Å²) in [5.41, 5.74) is 2.14. The fourth-order valence-corrected chi connectivity index (χ4v) is 4.32. The first-order valence-corrected chi connectivity index (χ1v) is 10.6. The van der Waals surface area contributed by atoms with Crippen LogP contribution >= 0.6 is 0 Å². The molecule has 0 saturated carbocycles. The molecule has 1 amide bonds. The molecule has 7 heteroatoms. The van der Waals surface area contributed by atoms with Gasteiger partial charge in [-0.2, -0.15) is 0 Å². The van der Waals surface area contributed by atoms with Gasteiger partial charge in [0, 0.05) is 31.9 Å². The van der Waals surface area contributed by atoms with Crippen LogP contribution in [-0.2, 0) is 4.79 Å². The molecule has 6 nitrogen and oxygen atoms in total. The summed E-state index contributed by atoms with van der Waals surface area (Å²) in [6.45, 7) is 7.28. The average molecular weight is 414 g/mol. The molecule has 2 aromatic carbocycles. The zero-order valence-electron chi connectivity index (χ0n) is 17.5. The van der Waals surface area contributed by atoms with E-state index in [1.54, 1.807) is 7.11 Å². The van der Waals surface area contributed by atoms with E-state index in [1.807, 2.05) is 35.2 Å². The highest BCUT2D eigenvalue weighted by atomic mass is 19.1. The van der Waals surface area contributed by atoms with Gasteiger partial charge < -0.3 is 24.3 Å². The summed E-state index contributed by atoms with van der Waals surface area (Å²) in [4.78, 5) is 20.7. The number of hydrogen-bond donors (Lipinski definition) is 1. The average Bonchev–Trinajstić information content (AvgIpc) is 2.80. The summed E-state index contributed by atoms with van der Waals surface area (Å²) in [5, 5.41) is 0. The number of ether oxygens (including phenoxy) is 1. The van der Waals surface area contributed by atoms with Crippen LogP contribution in [0.5, 0.6) is 5.75 Å². The molecule has 4 rings (SSSR count). The fourth-order valence-electron chi connectivity index (χ4n) is 4.32. The van der Waals surface area contributed by atoms with Crippen molar-refractivity contribution in [1.29, 1.82) is 0 Å². The minimum Gasteiger partial charge on any atom is -0.495 e. The monoisotopic (exact) mass is 413 g/mol. The Bertz CT molecular complexity index is 845. The van der Waals surface area contributed by atoms with Gasteiger partial charge in [0.1, 0.15) is 11.6 Å². The fraction of sp³-hybridized carbons (Fsp3) is 0.435. The van der Waals surface area contributed by atoms with Crippen LogP contribution < -0.4 is 19.4 Å². The minimum atomic E-state index is -0.209. The van der Waals surface area contributed by atoms with Crippen molar-refractivity contribution in [1.82, 2.24) is 4.90 Å². The van der Waals surface area contributed by atoms with Gasteiger partial charge in [-0.1, -0.05) is 12.1 Å². The highest BCUT2D eigenvalue weighted by Gasteiger charge is 2.27. The van der Waals surface area contributed by atoms with Crippen molar-refractivity contribution in [3.63, 3.8) is 0 Å². The van der Waals surface area contributed by atoms with Gasteiger partial charge in [0.2, 0.25) is 0 Å². The number of methoxy groups -OCH3 is 1. The predicted octanol–water partition coefficient (Wildman–Crippen LogP) is 0.888. The standard InChI is InChI=1S/C23H29FN4O2/c1-30-22-5-3-2-4-21(22)27-14-16-28(17-15-27)23(29)18-25-10-12-26(13-11-25)20-8-6-19(24)7-9-20/h2-9H,10-18H2,1H3/p+1. The van der Waals surface area contributed by atoms with Gasteiger partial charge in [0.05, 0.1) is 39.0 Å². The van der Waals surface area contributed by atoms with Crippen molar-refractivity contribution < 1.29 is 18.8 Å². The van der Waals surface area contributed by atoms with Crippen LogP contribution in [0.4, 0.5) is 15.8 Å². The zero-order valence-corrected chi connectivity index (χ0v) is 17.5. The smallest absolute Gasteiger partial charge is 0.277 e. The number of nitrogens with one attached hydrogen (secondary N) is 1. The number of halogens is 1. The maximum atomic E-state index is 13.1. The van der Waals surface area contributed by atoms with Gasteiger partial charge in [-0.25, -0.2) is 4.39 Å². The molecular weight excluding hydrogens is 383 g/mol. The SMILES string of the molecule is COc1ccccc1N1CCN(C(=O)C[NH+]2CCN(c3ccc(F)cc3)CC2)CC1. The lowest BCUT2D eigenvalue weighted by atomic mass is 10.2. The van der Waals surface area contributed by atoms with Gasteiger partial charge in [-0.15, -0.1) is 0 Å². The molecule has 0 atom stereocenters. The molecule has 0 aromatic heterocycles. The molecule has 160 valence electrons. The van der Waals surface area contributed by atoms with E-state index in [0.29, 0.717) is 6.54 Å². The van der Waals surface area contributed by atoms with E-state index in [1.165, 1.54) is 17.0 Å². The molecule has 0 unspecified atom stereocenters. The number of nitrogens with zero attached hydrogens (tertiary/aromatic N) is 3. The van der Waals surface area contributed by atoms with Crippen molar-refractivity contribution in [3.05, 3.63) is 54.3 Å². The van der Waals surface area contributed by atoms with Crippen LogP contribution in [0.1, 0.15) is 0 Å². The quantitative estimate of drug-likeness (QED) is 0.791. The Morgan fingerprint density at radius 3 is 2.27 bits per heavy atom.